The van der Waals surface area contributed by atoms with Gasteiger partial charge >= 0.3 is 0 Å². The quantitative estimate of drug-likeness (QED) is 0.362. The molecule has 0 radical (unpaired) electrons. The van der Waals surface area contributed by atoms with Gasteiger partial charge in [-0.05, 0) is 48.6 Å². The standard InChI is InChI=1S/C22H37NO/c1-5-9-10-11-12-13-14-23-17-18-15-19(6-2)20(7-3)21(16-18)22(24)8-4/h15-16,23H,5-14,17H2,1-4H3. The summed E-state index contributed by atoms with van der Waals surface area (Å²) >= 11 is 0. The van der Waals surface area contributed by atoms with Crippen molar-refractivity contribution in [3.63, 3.8) is 0 Å². The largest absolute Gasteiger partial charge is 0.313 e. The van der Waals surface area contributed by atoms with Crippen LogP contribution in [-0.2, 0) is 19.4 Å². The van der Waals surface area contributed by atoms with E-state index in [0.29, 0.717) is 6.42 Å². The molecule has 0 amide bonds. The minimum Gasteiger partial charge on any atom is -0.313 e. The SMILES string of the molecule is CCCCCCCCNCc1cc(CC)c(CC)c(C(=O)CC)c1. The lowest BCUT2D eigenvalue weighted by Crippen LogP contribution is -2.16. The zero-order chi connectivity index (χ0) is 17.8. The lowest BCUT2D eigenvalue weighted by molar-refractivity contribution is 0.0987. The molecule has 2 nitrogen and oxygen atoms in total. The number of benzene rings is 1. The number of rotatable bonds is 13. The Balaban J connectivity index is 2.57. The van der Waals surface area contributed by atoms with Crippen LogP contribution >= 0.6 is 0 Å². The zero-order valence-electron chi connectivity index (χ0n) is 16.3. The molecule has 0 saturated carbocycles. The van der Waals surface area contributed by atoms with Crippen molar-refractivity contribution in [3.05, 3.63) is 34.4 Å². The fourth-order valence-electron chi connectivity index (χ4n) is 3.34. The van der Waals surface area contributed by atoms with Crippen LogP contribution in [0.2, 0.25) is 0 Å². The minimum absolute atomic E-state index is 0.277. The molecule has 0 spiro atoms. The molecule has 0 bridgehead atoms. The van der Waals surface area contributed by atoms with Gasteiger partial charge in [-0.25, -0.2) is 0 Å². The Morgan fingerprint density at radius 3 is 2.25 bits per heavy atom. The summed E-state index contributed by atoms with van der Waals surface area (Å²) in [5.41, 5.74) is 4.81. The van der Waals surface area contributed by atoms with E-state index in [9.17, 15) is 4.79 Å². The van der Waals surface area contributed by atoms with E-state index in [0.717, 1.165) is 31.5 Å². The predicted molar refractivity (Wildman–Crippen MR) is 105 cm³/mol. The molecule has 1 N–H and O–H groups in total. The van der Waals surface area contributed by atoms with Crippen LogP contribution in [-0.4, -0.2) is 12.3 Å². The monoisotopic (exact) mass is 331 g/mol. The van der Waals surface area contributed by atoms with Crippen LogP contribution in [0, 0.1) is 0 Å². The Morgan fingerprint density at radius 1 is 0.917 bits per heavy atom. The van der Waals surface area contributed by atoms with E-state index >= 15 is 0 Å². The van der Waals surface area contributed by atoms with Crippen LogP contribution in [0.25, 0.3) is 0 Å². The molecule has 1 rings (SSSR count). The smallest absolute Gasteiger partial charge is 0.162 e. The Hall–Kier alpha value is -1.15. The molecular weight excluding hydrogens is 294 g/mol. The molecule has 0 aliphatic heterocycles. The molecule has 24 heavy (non-hydrogen) atoms. The van der Waals surface area contributed by atoms with Crippen molar-refractivity contribution in [1.29, 1.82) is 0 Å². The van der Waals surface area contributed by atoms with Gasteiger partial charge in [0.25, 0.3) is 0 Å². The van der Waals surface area contributed by atoms with Gasteiger partial charge < -0.3 is 5.32 Å². The maximum absolute atomic E-state index is 12.3. The zero-order valence-corrected chi connectivity index (χ0v) is 16.3. The molecule has 0 aromatic heterocycles. The van der Waals surface area contributed by atoms with Crippen molar-refractivity contribution < 1.29 is 4.79 Å². The highest BCUT2D eigenvalue weighted by atomic mass is 16.1. The highest BCUT2D eigenvalue weighted by Gasteiger charge is 2.13. The average molecular weight is 332 g/mol. The maximum atomic E-state index is 12.3. The minimum atomic E-state index is 0.277. The number of carbonyl (C=O) groups is 1. The molecule has 136 valence electrons. The van der Waals surface area contributed by atoms with Gasteiger partial charge in [-0.2, -0.15) is 0 Å². The van der Waals surface area contributed by atoms with Crippen molar-refractivity contribution in [3.8, 4) is 0 Å². The summed E-state index contributed by atoms with van der Waals surface area (Å²) in [6.45, 7) is 10.5. The Kier molecular flexibility index (Phi) is 10.7. The Labute approximate surface area is 149 Å². The molecule has 0 aliphatic rings. The van der Waals surface area contributed by atoms with E-state index in [4.69, 9.17) is 0 Å². The predicted octanol–water partition coefficient (Wildman–Crippen LogP) is 5.85. The summed E-state index contributed by atoms with van der Waals surface area (Å²) in [4.78, 5) is 12.3. The Morgan fingerprint density at radius 2 is 1.62 bits per heavy atom. The molecule has 0 unspecified atom stereocenters. The lowest BCUT2D eigenvalue weighted by atomic mass is 9.91. The van der Waals surface area contributed by atoms with Crippen LogP contribution in [0.5, 0.6) is 0 Å². The van der Waals surface area contributed by atoms with E-state index < -0.39 is 0 Å². The Bertz CT molecular complexity index is 493. The van der Waals surface area contributed by atoms with Crippen molar-refractivity contribution in [2.24, 2.45) is 0 Å². The van der Waals surface area contributed by atoms with Gasteiger partial charge in [0.1, 0.15) is 0 Å². The van der Waals surface area contributed by atoms with Crippen LogP contribution in [0.1, 0.15) is 99.7 Å². The topological polar surface area (TPSA) is 29.1 Å². The number of carbonyl (C=O) groups excluding carboxylic acids is 1. The van der Waals surface area contributed by atoms with Crippen molar-refractivity contribution in [2.45, 2.75) is 92.0 Å². The molecule has 1 aromatic rings. The van der Waals surface area contributed by atoms with E-state index in [1.807, 2.05) is 6.92 Å². The molecule has 1 aromatic carbocycles. The summed E-state index contributed by atoms with van der Waals surface area (Å²) in [6.07, 6.45) is 10.5. The second-order valence-electron chi connectivity index (χ2n) is 6.71. The summed E-state index contributed by atoms with van der Waals surface area (Å²) in [5.74, 6) is 0.277. The number of ketones is 1. The van der Waals surface area contributed by atoms with E-state index in [2.05, 4.69) is 38.2 Å². The van der Waals surface area contributed by atoms with Gasteiger partial charge in [-0.1, -0.05) is 65.9 Å². The van der Waals surface area contributed by atoms with Crippen LogP contribution in [0.3, 0.4) is 0 Å². The first kappa shape index (κ1) is 20.9. The van der Waals surface area contributed by atoms with Gasteiger partial charge in [-0.3, -0.25) is 4.79 Å². The summed E-state index contributed by atoms with van der Waals surface area (Å²) in [6, 6.07) is 4.41. The molecular formula is C22H37NO. The number of unbranched alkanes of at least 4 members (excludes halogenated alkanes) is 5. The van der Waals surface area contributed by atoms with Gasteiger partial charge in [0, 0.05) is 18.5 Å². The summed E-state index contributed by atoms with van der Waals surface area (Å²) < 4.78 is 0. The van der Waals surface area contributed by atoms with Gasteiger partial charge in [0.2, 0.25) is 0 Å². The highest BCUT2D eigenvalue weighted by molar-refractivity contribution is 5.97. The first-order valence-corrected chi connectivity index (χ1v) is 10.1. The first-order valence-electron chi connectivity index (χ1n) is 10.1. The number of aryl methyl sites for hydroxylation is 1. The van der Waals surface area contributed by atoms with Crippen LogP contribution in [0.15, 0.2) is 12.1 Å². The van der Waals surface area contributed by atoms with Crippen molar-refractivity contribution >= 4 is 5.78 Å². The van der Waals surface area contributed by atoms with Crippen molar-refractivity contribution in [1.82, 2.24) is 5.32 Å². The number of Topliss-reactive ketones (excluding diaryl/α,β-unsaturated/α-hetero) is 1. The summed E-state index contributed by atoms with van der Waals surface area (Å²) in [5, 5.41) is 3.55. The molecule has 0 atom stereocenters. The van der Waals surface area contributed by atoms with Gasteiger partial charge in [0.05, 0.1) is 0 Å². The van der Waals surface area contributed by atoms with Crippen LogP contribution < -0.4 is 5.32 Å². The third kappa shape index (κ3) is 6.76. The molecule has 0 aliphatic carbocycles. The highest BCUT2D eigenvalue weighted by Crippen LogP contribution is 2.21. The number of hydrogen-bond acceptors (Lipinski definition) is 2. The fourth-order valence-corrected chi connectivity index (χ4v) is 3.34. The maximum Gasteiger partial charge on any atom is 0.162 e. The van der Waals surface area contributed by atoms with E-state index in [1.54, 1.807) is 0 Å². The van der Waals surface area contributed by atoms with E-state index in [-0.39, 0.29) is 5.78 Å². The van der Waals surface area contributed by atoms with Gasteiger partial charge in [-0.15, -0.1) is 0 Å². The average Bonchev–Trinajstić information content (AvgIpc) is 2.62. The summed E-state index contributed by atoms with van der Waals surface area (Å²) in [7, 11) is 0. The third-order valence-electron chi connectivity index (χ3n) is 4.79. The van der Waals surface area contributed by atoms with Crippen LogP contribution in [0.4, 0.5) is 0 Å². The molecule has 0 saturated heterocycles. The van der Waals surface area contributed by atoms with E-state index in [1.165, 1.54) is 55.2 Å². The number of nitrogens with one attached hydrogen (secondary N) is 1. The second kappa shape index (κ2) is 12.2. The fraction of sp³-hybridized carbons (Fsp3) is 0.682. The lowest BCUT2D eigenvalue weighted by Gasteiger charge is -2.15. The molecule has 2 heteroatoms. The third-order valence-corrected chi connectivity index (χ3v) is 4.79. The second-order valence-corrected chi connectivity index (χ2v) is 6.71. The molecule has 0 heterocycles. The molecule has 0 fully saturated rings. The van der Waals surface area contributed by atoms with Gasteiger partial charge in [0.15, 0.2) is 5.78 Å². The van der Waals surface area contributed by atoms with Crippen molar-refractivity contribution in [2.75, 3.05) is 6.54 Å². The first-order chi connectivity index (χ1) is 11.7. The number of hydrogen-bond donors (Lipinski definition) is 1. The normalized spacial score (nSPS) is 11.0.